The Morgan fingerprint density at radius 2 is 2.03 bits per heavy atom. The van der Waals surface area contributed by atoms with E-state index in [9.17, 15) is 19.8 Å². The standard InChI is InChI=1S/C23H31N3O4S.ClH/c1-4-24-10-14-5-7-15(8-6-14)17-9-16(11-25-17)31-21-12(2)19-18(13(3)27)22(28)26(19)20(21)23(29)30;/h5-8,12-13,16-19,24-25,27H,4,9-11H2,1-3H3,(H,29,30);1H/t12-,13-,16+,17-,18-,19-;/m1./s1. The Kier molecular flexibility index (Phi) is 7.93. The number of thioether (sulfide) groups is 1. The Bertz CT molecular complexity index is 892. The van der Waals surface area contributed by atoms with Crippen LogP contribution >= 0.6 is 24.2 Å². The molecular formula is C23H32ClN3O4S. The van der Waals surface area contributed by atoms with Crippen LogP contribution in [0.2, 0.25) is 0 Å². The minimum Gasteiger partial charge on any atom is -0.477 e. The number of β-lactam (4-membered cyclic amide) rings is 1. The van der Waals surface area contributed by atoms with Gasteiger partial charge in [-0.1, -0.05) is 38.1 Å². The Hall–Kier alpha value is -1.58. The lowest BCUT2D eigenvalue weighted by molar-refractivity contribution is -0.163. The summed E-state index contributed by atoms with van der Waals surface area (Å²) in [5.74, 6) is -1.94. The largest absolute Gasteiger partial charge is 0.477 e. The second-order valence-corrected chi connectivity index (χ2v) is 10.1. The first-order chi connectivity index (χ1) is 14.8. The van der Waals surface area contributed by atoms with Crippen LogP contribution in [0.4, 0.5) is 0 Å². The maximum Gasteiger partial charge on any atom is 0.353 e. The Balaban J connectivity index is 0.00000289. The van der Waals surface area contributed by atoms with Gasteiger partial charge in [-0.15, -0.1) is 24.2 Å². The Morgan fingerprint density at radius 3 is 2.62 bits per heavy atom. The van der Waals surface area contributed by atoms with Gasteiger partial charge in [-0.25, -0.2) is 4.79 Å². The van der Waals surface area contributed by atoms with E-state index in [2.05, 4.69) is 41.8 Å². The van der Waals surface area contributed by atoms with Gasteiger partial charge in [-0.2, -0.15) is 0 Å². The number of carboxylic acid groups (broad SMARTS) is 1. The van der Waals surface area contributed by atoms with Gasteiger partial charge < -0.3 is 25.7 Å². The van der Waals surface area contributed by atoms with E-state index < -0.39 is 18.0 Å². The zero-order valence-corrected chi connectivity index (χ0v) is 20.2. The molecule has 0 aromatic heterocycles. The number of nitrogens with one attached hydrogen (secondary N) is 2. The molecule has 1 aromatic rings. The SMILES string of the molecule is CCNCc1ccc([C@H]2C[C@H](SC3=C(C(=O)O)N4C(=O)[C@H]([C@@H](C)O)[C@H]4[C@H]3C)CN2)cc1.Cl. The fraction of sp³-hybridized carbons (Fsp3) is 0.565. The molecular weight excluding hydrogens is 450 g/mol. The molecule has 0 unspecified atom stereocenters. The van der Waals surface area contributed by atoms with Crippen LogP contribution in [-0.2, 0) is 16.1 Å². The molecule has 2 fully saturated rings. The minimum absolute atomic E-state index is 0. The number of aliphatic hydroxyl groups excluding tert-OH is 1. The number of carboxylic acids is 1. The number of aliphatic carboxylic acids is 1. The second kappa shape index (κ2) is 10.1. The van der Waals surface area contributed by atoms with Crippen LogP contribution in [0.5, 0.6) is 0 Å². The predicted molar refractivity (Wildman–Crippen MR) is 127 cm³/mol. The summed E-state index contributed by atoms with van der Waals surface area (Å²) in [6, 6.07) is 8.61. The topological polar surface area (TPSA) is 102 Å². The molecule has 0 saturated carbocycles. The lowest BCUT2D eigenvalue weighted by Crippen LogP contribution is -2.63. The summed E-state index contributed by atoms with van der Waals surface area (Å²) >= 11 is 1.59. The van der Waals surface area contributed by atoms with Gasteiger partial charge in [0.05, 0.1) is 18.1 Å². The van der Waals surface area contributed by atoms with Gasteiger partial charge in [-0.05, 0) is 31.0 Å². The van der Waals surface area contributed by atoms with Crippen molar-refractivity contribution in [3.8, 4) is 0 Å². The van der Waals surface area contributed by atoms with E-state index in [-0.39, 0.29) is 47.3 Å². The smallest absolute Gasteiger partial charge is 0.353 e. The number of aliphatic hydroxyl groups is 1. The van der Waals surface area contributed by atoms with Crippen molar-refractivity contribution in [2.75, 3.05) is 13.1 Å². The number of rotatable bonds is 8. The van der Waals surface area contributed by atoms with Crippen LogP contribution in [0.15, 0.2) is 34.9 Å². The van der Waals surface area contributed by atoms with Crippen LogP contribution in [0, 0.1) is 11.8 Å². The first kappa shape index (κ1) is 25.1. The average molecular weight is 482 g/mol. The van der Waals surface area contributed by atoms with Crippen LogP contribution in [0.3, 0.4) is 0 Å². The number of carbonyl (C=O) groups excluding carboxylic acids is 1. The predicted octanol–water partition coefficient (Wildman–Crippen LogP) is 2.51. The number of hydrogen-bond donors (Lipinski definition) is 4. The quantitative estimate of drug-likeness (QED) is 0.423. The van der Waals surface area contributed by atoms with Crippen LogP contribution in [0.1, 0.15) is 44.4 Å². The molecule has 0 aliphatic carbocycles. The first-order valence-electron chi connectivity index (χ1n) is 11.0. The minimum atomic E-state index is -1.06. The molecule has 3 aliphatic heterocycles. The number of benzene rings is 1. The maximum atomic E-state index is 12.5. The molecule has 9 heteroatoms. The molecule has 0 spiro atoms. The number of nitrogens with zero attached hydrogens (tertiary/aromatic N) is 1. The molecule has 176 valence electrons. The summed E-state index contributed by atoms with van der Waals surface area (Å²) in [6.45, 7) is 8.26. The zero-order chi connectivity index (χ0) is 22.3. The Labute approximate surface area is 199 Å². The summed E-state index contributed by atoms with van der Waals surface area (Å²) in [6.07, 6.45) is 0.127. The second-order valence-electron chi connectivity index (χ2n) is 8.73. The van der Waals surface area contributed by atoms with E-state index in [1.165, 1.54) is 16.0 Å². The third kappa shape index (κ3) is 4.43. The summed E-state index contributed by atoms with van der Waals surface area (Å²) < 4.78 is 0. The summed E-state index contributed by atoms with van der Waals surface area (Å²) in [4.78, 5) is 26.7. The molecule has 7 nitrogen and oxygen atoms in total. The molecule has 4 N–H and O–H groups in total. The maximum absolute atomic E-state index is 12.5. The molecule has 3 heterocycles. The zero-order valence-electron chi connectivity index (χ0n) is 18.6. The number of amides is 1. The summed E-state index contributed by atoms with van der Waals surface area (Å²) in [5, 5.41) is 26.9. The number of hydrogen-bond acceptors (Lipinski definition) is 6. The highest BCUT2D eigenvalue weighted by molar-refractivity contribution is 8.03. The lowest BCUT2D eigenvalue weighted by Gasteiger charge is -2.46. The highest BCUT2D eigenvalue weighted by Gasteiger charge is 2.60. The highest BCUT2D eigenvalue weighted by atomic mass is 35.5. The van der Waals surface area contributed by atoms with E-state index in [0.717, 1.165) is 31.0 Å². The van der Waals surface area contributed by atoms with Gasteiger partial charge in [0.25, 0.3) is 0 Å². The van der Waals surface area contributed by atoms with Crippen LogP contribution < -0.4 is 10.6 Å². The van der Waals surface area contributed by atoms with Gasteiger partial charge in [0.1, 0.15) is 5.70 Å². The first-order valence-corrected chi connectivity index (χ1v) is 11.9. The number of halogens is 1. The third-order valence-electron chi connectivity index (χ3n) is 6.66. The van der Waals surface area contributed by atoms with E-state index in [1.807, 2.05) is 6.92 Å². The van der Waals surface area contributed by atoms with Crippen molar-refractivity contribution in [1.82, 2.24) is 15.5 Å². The monoisotopic (exact) mass is 481 g/mol. The van der Waals surface area contributed by atoms with Gasteiger partial charge in [0, 0.05) is 35.2 Å². The van der Waals surface area contributed by atoms with Crippen molar-refractivity contribution >= 4 is 36.0 Å². The van der Waals surface area contributed by atoms with Crippen LogP contribution in [0.25, 0.3) is 0 Å². The molecule has 32 heavy (non-hydrogen) atoms. The van der Waals surface area contributed by atoms with E-state index in [1.54, 1.807) is 18.7 Å². The fourth-order valence-electron chi connectivity index (χ4n) is 5.04. The van der Waals surface area contributed by atoms with Crippen molar-refractivity contribution in [2.24, 2.45) is 11.8 Å². The lowest BCUT2D eigenvalue weighted by atomic mass is 9.79. The molecule has 0 radical (unpaired) electrons. The van der Waals surface area contributed by atoms with Gasteiger partial charge >= 0.3 is 5.97 Å². The highest BCUT2D eigenvalue weighted by Crippen LogP contribution is 2.52. The number of carbonyl (C=O) groups is 2. The molecule has 4 rings (SSSR count). The van der Waals surface area contributed by atoms with Crippen molar-refractivity contribution in [2.45, 2.75) is 57.2 Å². The Morgan fingerprint density at radius 1 is 1.34 bits per heavy atom. The number of fused-ring (bicyclic) bond motifs is 1. The molecule has 6 atom stereocenters. The van der Waals surface area contributed by atoms with Crippen molar-refractivity contribution in [3.63, 3.8) is 0 Å². The molecule has 1 aromatic carbocycles. The summed E-state index contributed by atoms with van der Waals surface area (Å²) in [5.41, 5.74) is 2.61. The molecule has 1 amide bonds. The molecule has 3 aliphatic rings. The normalized spacial score (nSPS) is 30.1. The van der Waals surface area contributed by atoms with E-state index in [4.69, 9.17) is 0 Å². The van der Waals surface area contributed by atoms with Crippen molar-refractivity contribution in [1.29, 1.82) is 0 Å². The average Bonchev–Trinajstić information content (AvgIpc) is 3.29. The van der Waals surface area contributed by atoms with Gasteiger partial charge in [0.15, 0.2) is 0 Å². The van der Waals surface area contributed by atoms with Crippen molar-refractivity contribution in [3.05, 3.63) is 46.0 Å². The molecule has 0 bridgehead atoms. The van der Waals surface area contributed by atoms with E-state index >= 15 is 0 Å². The fourth-order valence-corrected chi connectivity index (χ4v) is 6.52. The van der Waals surface area contributed by atoms with Crippen molar-refractivity contribution < 1.29 is 19.8 Å². The van der Waals surface area contributed by atoms with Gasteiger partial charge in [-0.3, -0.25) is 4.79 Å². The summed E-state index contributed by atoms with van der Waals surface area (Å²) in [7, 11) is 0. The van der Waals surface area contributed by atoms with E-state index in [0.29, 0.717) is 0 Å². The molecule has 2 saturated heterocycles. The van der Waals surface area contributed by atoms with Gasteiger partial charge in [0.2, 0.25) is 5.91 Å². The third-order valence-corrected chi connectivity index (χ3v) is 8.17. The van der Waals surface area contributed by atoms with Crippen LogP contribution in [-0.4, -0.2) is 57.5 Å².